The molecule has 0 saturated carbocycles. The smallest absolute Gasteiger partial charge is 0.234 e. The Morgan fingerprint density at radius 3 is 2.90 bits per heavy atom. The van der Waals surface area contributed by atoms with Crippen molar-refractivity contribution in [3.05, 3.63) is 57.7 Å². The van der Waals surface area contributed by atoms with Gasteiger partial charge < -0.3 is 0 Å². The number of hydrogen-bond acceptors (Lipinski definition) is 6. The first-order valence-corrected chi connectivity index (χ1v) is 11.7. The van der Waals surface area contributed by atoms with Crippen LogP contribution in [-0.2, 0) is 9.59 Å². The molecule has 9 heteroatoms. The summed E-state index contributed by atoms with van der Waals surface area (Å²) in [6.07, 6.45) is 3.73. The second-order valence-corrected chi connectivity index (χ2v) is 9.72. The van der Waals surface area contributed by atoms with Crippen molar-refractivity contribution < 1.29 is 9.59 Å². The van der Waals surface area contributed by atoms with Crippen LogP contribution in [0.5, 0.6) is 0 Å². The lowest BCUT2D eigenvalue weighted by molar-refractivity contribution is -0.119. The van der Waals surface area contributed by atoms with E-state index < -0.39 is 5.92 Å². The number of amides is 1. The fraction of sp³-hybridized carbons (Fsp3) is 0.300. The highest BCUT2D eigenvalue weighted by Crippen LogP contribution is 2.46. The van der Waals surface area contributed by atoms with Crippen LogP contribution in [0.3, 0.4) is 0 Å². The standard InChI is InChI=1S/C20H17Cl2N3O2S2/c1-2-9-28-20-24-23-19(29-20)25-14-7-4-8-15(26)17(14)12(10-16(25)27)11-5-3-6-13(21)18(11)22/h2-3,5-6,12H,1,4,7-10H2/t12-/m0/s1. The van der Waals surface area contributed by atoms with Crippen LogP contribution in [0.2, 0.25) is 10.0 Å². The number of benzene rings is 1. The lowest BCUT2D eigenvalue weighted by atomic mass is 9.77. The minimum absolute atomic E-state index is 0.0514. The summed E-state index contributed by atoms with van der Waals surface area (Å²) in [5.41, 5.74) is 2.08. The molecule has 2 heterocycles. The Kier molecular flexibility index (Phi) is 6.11. The zero-order valence-corrected chi connectivity index (χ0v) is 18.5. The van der Waals surface area contributed by atoms with Gasteiger partial charge in [-0.15, -0.1) is 16.8 Å². The summed E-state index contributed by atoms with van der Waals surface area (Å²) < 4.78 is 0.761. The highest BCUT2D eigenvalue weighted by Gasteiger charge is 2.41. The van der Waals surface area contributed by atoms with E-state index in [1.165, 1.54) is 23.1 Å². The Bertz CT molecular complexity index is 1030. The van der Waals surface area contributed by atoms with E-state index >= 15 is 0 Å². The van der Waals surface area contributed by atoms with E-state index in [4.69, 9.17) is 23.2 Å². The first-order valence-electron chi connectivity index (χ1n) is 9.11. The molecular formula is C20H17Cl2N3O2S2. The molecule has 29 heavy (non-hydrogen) atoms. The molecule has 0 saturated heterocycles. The summed E-state index contributed by atoms with van der Waals surface area (Å²) in [6.45, 7) is 3.70. The van der Waals surface area contributed by atoms with Gasteiger partial charge in [0.1, 0.15) is 0 Å². The fourth-order valence-electron chi connectivity index (χ4n) is 3.75. The Balaban J connectivity index is 1.80. The molecule has 1 aromatic heterocycles. The van der Waals surface area contributed by atoms with Crippen LogP contribution in [0.15, 0.2) is 46.5 Å². The van der Waals surface area contributed by atoms with Gasteiger partial charge in [-0.1, -0.05) is 64.5 Å². The first-order chi connectivity index (χ1) is 14.0. The summed E-state index contributed by atoms with van der Waals surface area (Å²) in [4.78, 5) is 27.7. The molecular weight excluding hydrogens is 449 g/mol. The van der Waals surface area contributed by atoms with Crippen molar-refractivity contribution in [2.24, 2.45) is 0 Å². The van der Waals surface area contributed by atoms with E-state index in [-0.39, 0.29) is 18.1 Å². The molecule has 1 aliphatic heterocycles. The van der Waals surface area contributed by atoms with Crippen LogP contribution in [-0.4, -0.2) is 27.6 Å². The molecule has 1 atom stereocenters. The van der Waals surface area contributed by atoms with Crippen LogP contribution >= 0.6 is 46.3 Å². The summed E-state index contributed by atoms with van der Waals surface area (Å²) in [5, 5.41) is 9.69. The molecule has 2 aromatic rings. The van der Waals surface area contributed by atoms with Crippen molar-refractivity contribution in [2.45, 2.75) is 35.9 Å². The molecule has 0 radical (unpaired) electrons. The molecule has 2 aliphatic rings. The number of thioether (sulfide) groups is 1. The van der Waals surface area contributed by atoms with Gasteiger partial charge in [-0.2, -0.15) is 0 Å². The molecule has 0 bridgehead atoms. The predicted molar refractivity (Wildman–Crippen MR) is 118 cm³/mol. The quantitative estimate of drug-likeness (QED) is 0.324. The Morgan fingerprint density at radius 2 is 2.10 bits per heavy atom. The van der Waals surface area contributed by atoms with Crippen LogP contribution in [0.4, 0.5) is 5.13 Å². The average molecular weight is 466 g/mol. The molecule has 1 aromatic carbocycles. The number of carbonyl (C=O) groups excluding carboxylic acids is 2. The summed E-state index contributed by atoms with van der Waals surface area (Å²) in [5.74, 6) is 0.256. The molecule has 1 amide bonds. The molecule has 0 spiro atoms. The SMILES string of the molecule is C=CCSc1nnc(N2C(=O)C[C@@H](c3cccc(Cl)c3Cl)C3=C2CCCC3=O)s1. The lowest BCUT2D eigenvalue weighted by Gasteiger charge is -2.37. The highest BCUT2D eigenvalue weighted by molar-refractivity contribution is 8.01. The van der Waals surface area contributed by atoms with Gasteiger partial charge in [0.15, 0.2) is 10.1 Å². The van der Waals surface area contributed by atoms with Gasteiger partial charge in [0.05, 0.1) is 10.0 Å². The number of halogens is 2. The predicted octanol–water partition coefficient (Wildman–Crippen LogP) is 5.65. The summed E-state index contributed by atoms with van der Waals surface area (Å²) >= 11 is 15.5. The zero-order valence-electron chi connectivity index (χ0n) is 15.4. The number of ketones is 1. The Hall–Kier alpha value is -1.67. The summed E-state index contributed by atoms with van der Waals surface area (Å²) in [7, 11) is 0. The molecule has 4 rings (SSSR count). The second-order valence-electron chi connectivity index (χ2n) is 6.72. The van der Waals surface area contributed by atoms with Gasteiger partial charge in [-0.25, -0.2) is 0 Å². The van der Waals surface area contributed by atoms with E-state index in [0.29, 0.717) is 45.8 Å². The number of nitrogens with zero attached hydrogens (tertiary/aromatic N) is 3. The summed E-state index contributed by atoms with van der Waals surface area (Å²) in [6, 6.07) is 5.33. The van der Waals surface area contributed by atoms with Crippen LogP contribution in [0.25, 0.3) is 0 Å². The van der Waals surface area contributed by atoms with Crippen molar-refractivity contribution in [3.8, 4) is 0 Å². The molecule has 150 valence electrons. The molecule has 0 fully saturated rings. The maximum Gasteiger partial charge on any atom is 0.234 e. The maximum absolute atomic E-state index is 13.2. The molecule has 0 N–H and O–H groups in total. The third-order valence-electron chi connectivity index (χ3n) is 4.94. The third kappa shape index (κ3) is 3.89. The van der Waals surface area contributed by atoms with Gasteiger partial charge in [0, 0.05) is 35.8 Å². The van der Waals surface area contributed by atoms with Gasteiger partial charge in [-0.05, 0) is 24.5 Å². The minimum Gasteiger partial charge on any atom is -0.294 e. The number of aromatic nitrogens is 2. The van der Waals surface area contributed by atoms with Gasteiger partial charge in [0.2, 0.25) is 11.0 Å². The Morgan fingerprint density at radius 1 is 1.28 bits per heavy atom. The van der Waals surface area contributed by atoms with Gasteiger partial charge >= 0.3 is 0 Å². The average Bonchev–Trinajstić information content (AvgIpc) is 3.16. The number of allylic oxidation sites excluding steroid dienone is 2. The highest BCUT2D eigenvalue weighted by atomic mass is 35.5. The van der Waals surface area contributed by atoms with E-state index in [2.05, 4.69) is 16.8 Å². The number of rotatable bonds is 5. The van der Waals surface area contributed by atoms with Gasteiger partial charge in [0.25, 0.3) is 0 Å². The van der Waals surface area contributed by atoms with Crippen LogP contribution < -0.4 is 4.90 Å². The third-order valence-corrected chi connectivity index (χ3v) is 7.81. The van der Waals surface area contributed by atoms with Crippen molar-refractivity contribution in [3.63, 3.8) is 0 Å². The first kappa shape index (κ1) is 20.6. The van der Waals surface area contributed by atoms with E-state index in [0.717, 1.165) is 15.6 Å². The van der Waals surface area contributed by atoms with Crippen molar-refractivity contribution in [1.29, 1.82) is 0 Å². The number of carbonyl (C=O) groups is 2. The fourth-order valence-corrected chi connectivity index (χ4v) is 5.84. The van der Waals surface area contributed by atoms with E-state index in [1.54, 1.807) is 23.1 Å². The van der Waals surface area contributed by atoms with Crippen LogP contribution in [0, 0.1) is 0 Å². The zero-order chi connectivity index (χ0) is 20.5. The minimum atomic E-state index is -0.393. The largest absolute Gasteiger partial charge is 0.294 e. The maximum atomic E-state index is 13.2. The topological polar surface area (TPSA) is 63.2 Å². The lowest BCUT2D eigenvalue weighted by Crippen LogP contribution is -2.40. The molecule has 1 aliphatic carbocycles. The number of Topliss-reactive ketones (excluding diaryl/α,β-unsaturated/α-hetero) is 1. The molecule has 5 nitrogen and oxygen atoms in total. The van der Waals surface area contributed by atoms with Crippen molar-refractivity contribution >= 4 is 63.1 Å². The van der Waals surface area contributed by atoms with Crippen molar-refractivity contribution in [1.82, 2.24) is 10.2 Å². The number of anilines is 1. The van der Waals surface area contributed by atoms with E-state index in [1.807, 2.05) is 6.07 Å². The monoisotopic (exact) mass is 465 g/mol. The van der Waals surface area contributed by atoms with Crippen molar-refractivity contribution in [2.75, 3.05) is 10.7 Å². The van der Waals surface area contributed by atoms with E-state index in [9.17, 15) is 9.59 Å². The van der Waals surface area contributed by atoms with Crippen LogP contribution in [0.1, 0.15) is 37.2 Å². The number of hydrogen-bond donors (Lipinski definition) is 0. The molecule has 0 unspecified atom stereocenters. The Labute approximate surface area is 186 Å². The normalized spacial score (nSPS) is 19.5. The van der Waals surface area contributed by atoms with Gasteiger partial charge in [-0.3, -0.25) is 14.5 Å². The second kappa shape index (κ2) is 8.60.